The van der Waals surface area contributed by atoms with E-state index in [0.717, 1.165) is 5.69 Å². The van der Waals surface area contributed by atoms with Crippen molar-refractivity contribution in [1.29, 1.82) is 0 Å². The van der Waals surface area contributed by atoms with Crippen LogP contribution in [0.25, 0.3) is 0 Å². The first kappa shape index (κ1) is 21.8. The van der Waals surface area contributed by atoms with E-state index in [1.807, 2.05) is 30.3 Å². The number of carbonyl (C=O) groups excluding carboxylic acids is 1. The first-order valence-electron chi connectivity index (χ1n) is 10.3. The molecule has 0 atom stereocenters. The number of hydrogen-bond donors (Lipinski definition) is 1. The van der Waals surface area contributed by atoms with Crippen LogP contribution in [0.1, 0.15) is 15.9 Å². The number of aryl methyl sites for hydroxylation is 1. The lowest BCUT2D eigenvalue weighted by molar-refractivity contribution is 0.0746. The molecule has 1 aliphatic rings. The van der Waals surface area contributed by atoms with Gasteiger partial charge in [0.05, 0.1) is 10.6 Å². The molecular formula is C24H24FN3O3S. The van der Waals surface area contributed by atoms with E-state index in [4.69, 9.17) is 0 Å². The highest BCUT2D eigenvalue weighted by atomic mass is 32.2. The first-order chi connectivity index (χ1) is 15.3. The summed E-state index contributed by atoms with van der Waals surface area (Å²) < 4.78 is 41.8. The van der Waals surface area contributed by atoms with Crippen LogP contribution in [0.5, 0.6) is 0 Å². The third-order valence-corrected chi connectivity index (χ3v) is 6.92. The average molecular weight is 454 g/mol. The fourth-order valence-corrected chi connectivity index (χ4v) is 4.82. The summed E-state index contributed by atoms with van der Waals surface area (Å²) in [4.78, 5) is 17.1. The largest absolute Gasteiger partial charge is 0.368 e. The lowest BCUT2D eigenvalue weighted by Crippen LogP contribution is -2.49. The Labute approximate surface area is 187 Å². The number of benzene rings is 3. The normalized spacial score (nSPS) is 14.3. The summed E-state index contributed by atoms with van der Waals surface area (Å²) in [6, 6.07) is 19.9. The van der Waals surface area contributed by atoms with Crippen molar-refractivity contribution in [2.24, 2.45) is 0 Å². The maximum absolute atomic E-state index is 13.9. The standard InChI is InChI=1S/C24H24FN3O3S/c1-18-11-12-20(32(30,31)26-23-10-6-5-9-22(23)25)17-21(18)24(29)28-15-13-27(14-16-28)19-7-3-2-4-8-19/h2-12,17,26H,13-16H2,1H3. The molecule has 32 heavy (non-hydrogen) atoms. The predicted octanol–water partition coefficient (Wildman–Crippen LogP) is 3.90. The van der Waals surface area contributed by atoms with Crippen LogP contribution in [0.4, 0.5) is 15.8 Å². The molecule has 1 amide bonds. The summed E-state index contributed by atoms with van der Waals surface area (Å²) in [7, 11) is -4.05. The van der Waals surface area contributed by atoms with Crippen molar-refractivity contribution >= 4 is 27.3 Å². The summed E-state index contributed by atoms with van der Waals surface area (Å²) in [6.07, 6.45) is 0. The number of sulfonamides is 1. The van der Waals surface area contributed by atoms with Crippen LogP contribution in [0.2, 0.25) is 0 Å². The van der Waals surface area contributed by atoms with Gasteiger partial charge in [0.1, 0.15) is 5.82 Å². The van der Waals surface area contributed by atoms with Gasteiger partial charge in [0.2, 0.25) is 0 Å². The smallest absolute Gasteiger partial charge is 0.262 e. The first-order valence-corrected chi connectivity index (χ1v) is 11.8. The van der Waals surface area contributed by atoms with E-state index in [2.05, 4.69) is 9.62 Å². The van der Waals surface area contributed by atoms with Gasteiger partial charge < -0.3 is 9.80 Å². The Morgan fingerprint density at radius 1 is 0.906 bits per heavy atom. The Morgan fingerprint density at radius 3 is 2.25 bits per heavy atom. The monoisotopic (exact) mass is 453 g/mol. The van der Waals surface area contributed by atoms with Crippen molar-refractivity contribution in [3.8, 4) is 0 Å². The zero-order valence-electron chi connectivity index (χ0n) is 17.7. The molecule has 4 rings (SSSR count). The number of nitrogens with one attached hydrogen (secondary N) is 1. The minimum atomic E-state index is -4.05. The predicted molar refractivity (Wildman–Crippen MR) is 123 cm³/mol. The van der Waals surface area contributed by atoms with Crippen molar-refractivity contribution in [3.05, 3.63) is 89.7 Å². The fraction of sp³-hybridized carbons (Fsp3) is 0.208. The van der Waals surface area contributed by atoms with Crippen LogP contribution in [-0.2, 0) is 10.0 Å². The van der Waals surface area contributed by atoms with E-state index in [-0.39, 0.29) is 16.5 Å². The van der Waals surface area contributed by atoms with Gasteiger partial charge in [-0.2, -0.15) is 0 Å². The molecule has 0 unspecified atom stereocenters. The van der Waals surface area contributed by atoms with Gasteiger partial charge in [0.25, 0.3) is 15.9 Å². The topological polar surface area (TPSA) is 69.7 Å². The number of para-hydroxylation sites is 2. The molecule has 1 N–H and O–H groups in total. The number of piperazine rings is 1. The zero-order valence-corrected chi connectivity index (χ0v) is 18.5. The van der Waals surface area contributed by atoms with Crippen LogP contribution in [-0.4, -0.2) is 45.4 Å². The molecule has 0 saturated carbocycles. The molecule has 1 fully saturated rings. The summed E-state index contributed by atoms with van der Waals surface area (Å²) in [5.74, 6) is -0.881. The Hall–Kier alpha value is -3.39. The molecule has 0 aromatic heterocycles. The van der Waals surface area contributed by atoms with Gasteiger partial charge in [-0.1, -0.05) is 36.4 Å². The highest BCUT2D eigenvalue weighted by molar-refractivity contribution is 7.92. The number of hydrogen-bond acceptors (Lipinski definition) is 4. The third kappa shape index (κ3) is 4.60. The molecule has 0 radical (unpaired) electrons. The second-order valence-electron chi connectivity index (χ2n) is 7.68. The maximum atomic E-state index is 13.9. The van der Waals surface area contributed by atoms with Crippen LogP contribution >= 0.6 is 0 Å². The number of nitrogens with zero attached hydrogens (tertiary/aromatic N) is 2. The Balaban J connectivity index is 1.51. The van der Waals surface area contributed by atoms with Crippen molar-refractivity contribution in [3.63, 3.8) is 0 Å². The Bertz CT molecular complexity index is 1220. The highest BCUT2D eigenvalue weighted by Gasteiger charge is 2.25. The molecular weight excluding hydrogens is 429 g/mol. The average Bonchev–Trinajstić information content (AvgIpc) is 2.81. The van der Waals surface area contributed by atoms with Crippen LogP contribution in [0, 0.1) is 12.7 Å². The minimum Gasteiger partial charge on any atom is -0.368 e. The molecule has 0 spiro atoms. The molecule has 3 aromatic rings. The number of anilines is 2. The molecule has 1 heterocycles. The summed E-state index contributed by atoms with van der Waals surface area (Å²) in [5.41, 5.74) is 1.99. The van der Waals surface area contributed by atoms with Crippen molar-refractivity contribution in [2.75, 3.05) is 35.8 Å². The van der Waals surface area contributed by atoms with Crippen LogP contribution in [0.15, 0.2) is 77.7 Å². The molecule has 1 saturated heterocycles. The van der Waals surface area contributed by atoms with Crippen molar-refractivity contribution < 1.29 is 17.6 Å². The van der Waals surface area contributed by atoms with Gasteiger partial charge in [-0.25, -0.2) is 12.8 Å². The van der Waals surface area contributed by atoms with E-state index in [1.54, 1.807) is 24.0 Å². The van der Waals surface area contributed by atoms with Gasteiger partial charge in [-0.15, -0.1) is 0 Å². The van der Waals surface area contributed by atoms with Gasteiger partial charge in [-0.05, 0) is 48.9 Å². The second-order valence-corrected chi connectivity index (χ2v) is 9.36. The summed E-state index contributed by atoms with van der Waals surface area (Å²) >= 11 is 0. The van der Waals surface area contributed by atoms with Gasteiger partial charge in [0.15, 0.2) is 0 Å². The minimum absolute atomic E-state index is 0.0855. The lowest BCUT2D eigenvalue weighted by atomic mass is 10.1. The highest BCUT2D eigenvalue weighted by Crippen LogP contribution is 2.23. The zero-order chi connectivity index (χ0) is 22.7. The molecule has 0 aliphatic carbocycles. The number of rotatable bonds is 5. The number of halogens is 1. The van der Waals surface area contributed by atoms with E-state index < -0.39 is 15.8 Å². The van der Waals surface area contributed by atoms with E-state index in [9.17, 15) is 17.6 Å². The maximum Gasteiger partial charge on any atom is 0.262 e. The SMILES string of the molecule is Cc1ccc(S(=O)(=O)Nc2ccccc2F)cc1C(=O)N1CCN(c2ccccc2)CC1. The fourth-order valence-electron chi connectivity index (χ4n) is 3.72. The third-order valence-electron chi connectivity index (χ3n) is 5.56. The molecule has 166 valence electrons. The molecule has 0 bridgehead atoms. The molecule has 3 aromatic carbocycles. The van der Waals surface area contributed by atoms with E-state index in [0.29, 0.717) is 37.3 Å². The summed E-state index contributed by atoms with van der Waals surface area (Å²) in [5, 5.41) is 0. The number of carbonyl (C=O) groups is 1. The van der Waals surface area contributed by atoms with E-state index in [1.165, 1.54) is 30.3 Å². The molecule has 6 nitrogen and oxygen atoms in total. The lowest BCUT2D eigenvalue weighted by Gasteiger charge is -2.36. The van der Waals surface area contributed by atoms with Crippen LogP contribution in [0.3, 0.4) is 0 Å². The quantitative estimate of drug-likeness (QED) is 0.636. The second kappa shape index (κ2) is 9.00. The van der Waals surface area contributed by atoms with Crippen molar-refractivity contribution in [2.45, 2.75) is 11.8 Å². The van der Waals surface area contributed by atoms with E-state index >= 15 is 0 Å². The van der Waals surface area contributed by atoms with Crippen molar-refractivity contribution in [1.82, 2.24) is 4.90 Å². The number of amides is 1. The Morgan fingerprint density at radius 2 is 1.56 bits per heavy atom. The Kier molecular flexibility index (Phi) is 6.14. The van der Waals surface area contributed by atoms with Gasteiger partial charge in [-0.3, -0.25) is 9.52 Å². The van der Waals surface area contributed by atoms with Gasteiger partial charge >= 0.3 is 0 Å². The van der Waals surface area contributed by atoms with Gasteiger partial charge in [0, 0.05) is 37.4 Å². The summed E-state index contributed by atoms with van der Waals surface area (Å²) in [6.45, 7) is 4.24. The molecule has 8 heteroatoms. The van der Waals surface area contributed by atoms with Crippen LogP contribution < -0.4 is 9.62 Å². The molecule has 1 aliphatic heterocycles.